The molecule has 92 valence electrons. The van der Waals surface area contributed by atoms with Crippen molar-refractivity contribution >= 4 is 21.4 Å². The quantitative estimate of drug-likeness (QED) is 0.847. The monoisotopic (exact) mass is 273 g/mol. The standard InChI is InChI=1S/C9H11N3O3S2/c10-7-8-1-2-9(16-8)17(13,14)11-12-3-5-15-6-4-12/h1-2,11H,3-6H2. The van der Waals surface area contributed by atoms with Gasteiger partial charge in [-0.05, 0) is 12.1 Å². The molecular formula is C9H11N3O3S2. The Morgan fingerprint density at radius 1 is 1.41 bits per heavy atom. The maximum absolute atomic E-state index is 11.9. The number of nitrogens with one attached hydrogen (secondary N) is 1. The van der Waals surface area contributed by atoms with Gasteiger partial charge in [-0.1, -0.05) is 0 Å². The van der Waals surface area contributed by atoms with Crippen molar-refractivity contribution in [2.75, 3.05) is 26.3 Å². The summed E-state index contributed by atoms with van der Waals surface area (Å²) >= 11 is 0.959. The summed E-state index contributed by atoms with van der Waals surface area (Å²) in [6.07, 6.45) is 0. The lowest BCUT2D eigenvalue weighted by Gasteiger charge is -2.26. The van der Waals surface area contributed by atoms with Gasteiger partial charge in [0.05, 0.1) is 13.2 Å². The molecule has 2 rings (SSSR count). The molecule has 17 heavy (non-hydrogen) atoms. The Morgan fingerprint density at radius 3 is 2.71 bits per heavy atom. The van der Waals surface area contributed by atoms with E-state index in [1.807, 2.05) is 6.07 Å². The van der Waals surface area contributed by atoms with Crippen LogP contribution in [-0.2, 0) is 14.8 Å². The molecule has 0 unspecified atom stereocenters. The van der Waals surface area contributed by atoms with E-state index < -0.39 is 10.0 Å². The number of hydrogen-bond donors (Lipinski definition) is 1. The van der Waals surface area contributed by atoms with Crippen molar-refractivity contribution < 1.29 is 13.2 Å². The molecule has 0 bridgehead atoms. The first-order valence-corrected chi connectivity index (χ1v) is 7.27. The van der Waals surface area contributed by atoms with E-state index in [2.05, 4.69) is 4.83 Å². The predicted octanol–water partition coefficient (Wildman–Crippen LogP) is 0.145. The Hall–Kier alpha value is -0.980. The number of thiophene rings is 1. The molecule has 0 saturated carbocycles. The highest BCUT2D eigenvalue weighted by Gasteiger charge is 2.21. The maximum atomic E-state index is 11.9. The molecule has 8 heteroatoms. The lowest BCUT2D eigenvalue weighted by Crippen LogP contribution is -2.48. The first-order valence-electron chi connectivity index (χ1n) is 4.97. The van der Waals surface area contributed by atoms with Gasteiger partial charge in [-0.2, -0.15) is 5.26 Å². The molecule has 0 aliphatic carbocycles. The number of morpholine rings is 1. The van der Waals surface area contributed by atoms with Gasteiger partial charge in [-0.15, -0.1) is 16.2 Å². The molecule has 1 aromatic heterocycles. The number of hydrogen-bond acceptors (Lipinski definition) is 6. The largest absolute Gasteiger partial charge is 0.379 e. The molecule has 0 amide bonds. The van der Waals surface area contributed by atoms with Gasteiger partial charge in [-0.25, -0.2) is 13.4 Å². The molecular weight excluding hydrogens is 262 g/mol. The second-order valence-electron chi connectivity index (χ2n) is 3.42. The van der Waals surface area contributed by atoms with E-state index in [-0.39, 0.29) is 4.21 Å². The van der Waals surface area contributed by atoms with Crippen LogP contribution in [0.15, 0.2) is 16.3 Å². The lowest BCUT2D eigenvalue weighted by atomic mass is 10.5. The van der Waals surface area contributed by atoms with Crippen LogP contribution in [0.3, 0.4) is 0 Å². The van der Waals surface area contributed by atoms with Crippen molar-refractivity contribution in [1.82, 2.24) is 9.84 Å². The Kier molecular flexibility index (Phi) is 3.76. The van der Waals surface area contributed by atoms with Gasteiger partial charge in [0, 0.05) is 13.1 Å². The van der Waals surface area contributed by atoms with Gasteiger partial charge in [0.25, 0.3) is 10.0 Å². The third-order valence-electron chi connectivity index (χ3n) is 2.22. The third-order valence-corrected chi connectivity index (χ3v) is 5.07. The normalized spacial score (nSPS) is 17.8. The highest BCUT2D eigenvalue weighted by atomic mass is 32.2. The fourth-order valence-electron chi connectivity index (χ4n) is 1.39. The summed E-state index contributed by atoms with van der Waals surface area (Å²) in [5, 5.41) is 10.3. The SMILES string of the molecule is N#Cc1ccc(S(=O)(=O)NN2CCOCC2)s1. The van der Waals surface area contributed by atoms with E-state index in [0.717, 1.165) is 11.3 Å². The number of nitrogens with zero attached hydrogens (tertiary/aromatic N) is 2. The van der Waals surface area contributed by atoms with Crippen molar-refractivity contribution in [1.29, 1.82) is 5.26 Å². The zero-order valence-corrected chi connectivity index (χ0v) is 10.6. The molecule has 0 radical (unpaired) electrons. The summed E-state index contributed by atoms with van der Waals surface area (Å²) in [7, 11) is -3.56. The van der Waals surface area contributed by atoms with Crippen molar-refractivity contribution in [3.63, 3.8) is 0 Å². The molecule has 1 fully saturated rings. The van der Waals surface area contributed by atoms with Crippen molar-refractivity contribution in [2.45, 2.75) is 4.21 Å². The van der Waals surface area contributed by atoms with Gasteiger partial charge in [0.1, 0.15) is 15.2 Å². The van der Waals surface area contributed by atoms with Crippen molar-refractivity contribution in [3.8, 4) is 6.07 Å². The van der Waals surface area contributed by atoms with Crippen LogP contribution in [0.4, 0.5) is 0 Å². The fraction of sp³-hybridized carbons (Fsp3) is 0.444. The van der Waals surface area contributed by atoms with Crippen LogP contribution >= 0.6 is 11.3 Å². The van der Waals surface area contributed by atoms with E-state index >= 15 is 0 Å². The maximum Gasteiger partial charge on any atom is 0.262 e. The van der Waals surface area contributed by atoms with Gasteiger partial charge in [0.2, 0.25) is 0 Å². The minimum atomic E-state index is -3.56. The smallest absolute Gasteiger partial charge is 0.262 e. The van der Waals surface area contributed by atoms with Gasteiger partial charge < -0.3 is 4.74 Å². The number of nitriles is 1. The van der Waals surface area contributed by atoms with E-state index in [1.165, 1.54) is 12.1 Å². The number of ether oxygens (including phenoxy) is 1. The average molecular weight is 273 g/mol. The molecule has 0 atom stereocenters. The van der Waals surface area contributed by atoms with Gasteiger partial charge in [-0.3, -0.25) is 0 Å². The Morgan fingerprint density at radius 2 is 2.12 bits per heavy atom. The Balaban J connectivity index is 2.10. The van der Waals surface area contributed by atoms with E-state index in [4.69, 9.17) is 10.00 Å². The predicted molar refractivity (Wildman–Crippen MR) is 61.7 cm³/mol. The number of hydrazine groups is 1. The van der Waals surface area contributed by atoms with Crippen LogP contribution in [0.25, 0.3) is 0 Å². The van der Waals surface area contributed by atoms with E-state index in [0.29, 0.717) is 31.2 Å². The third kappa shape index (κ3) is 3.02. The molecule has 1 aromatic rings. The topological polar surface area (TPSA) is 82.4 Å². The fourth-order valence-corrected chi connectivity index (χ4v) is 3.61. The zero-order chi connectivity index (χ0) is 12.3. The highest BCUT2D eigenvalue weighted by molar-refractivity contribution is 7.91. The van der Waals surface area contributed by atoms with Crippen molar-refractivity contribution in [2.24, 2.45) is 0 Å². The number of rotatable bonds is 3. The van der Waals surface area contributed by atoms with Crippen LogP contribution in [0.1, 0.15) is 4.88 Å². The summed E-state index contributed by atoms with van der Waals surface area (Å²) in [4.78, 5) is 2.86. The first kappa shape index (κ1) is 12.5. The average Bonchev–Trinajstić information content (AvgIpc) is 2.79. The summed E-state index contributed by atoms with van der Waals surface area (Å²) in [6, 6.07) is 4.85. The number of sulfonamides is 1. The van der Waals surface area contributed by atoms with Gasteiger partial charge >= 0.3 is 0 Å². The molecule has 6 nitrogen and oxygen atoms in total. The first-order chi connectivity index (χ1) is 8.12. The second kappa shape index (κ2) is 5.12. The molecule has 1 aliphatic heterocycles. The minimum Gasteiger partial charge on any atom is -0.379 e. The Labute approximate surface area is 103 Å². The van der Waals surface area contributed by atoms with Crippen molar-refractivity contribution in [3.05, 3.63) is 17.0 Å². The van der Waals surface area contributed by atoms with Crippen LogP contribution in [0.5, 0.6) is 0 Å². The zero-order valence-electron chi connectivity index (χ0n) is 8.92. The molecule has 1 saturated heterocycles. The summed E-state index contributed by atoms with van der Waals surface area (Å²) in [5.74, 6) is 0. The van der Waals surface area contributed by atoms with Crippen LogP contribution in [-0.4, -0.2) is 39.7 Å². The molecule has 0 spiro atoms. The molecule has 2 heterocycles. The lowest BCUT2D eigenvalue weighted by molar-refractivity contribution is 0.0272. The van der Waals surface area contributed by atoms with E-state index in [9.17, 15) is 8.42 Å². The molecule has 0 aromatic carbocycles. The van der Waals surface area contributed by atoms with Crippen LogP contribution in [0, 0.1) is 11.3 Å². The molecule has 1 aliphatic rings. The second-order valence-corrected chi connectivity index (χ2v) is 6.40. The Bertz CT molecular complexity index is 526. The van der Waals surface area contributed by atoms with Crippen LogP contribution < -0.4 is 4.83 Å². The summed E-state index contributed by atoms with van der Waals surface area (Å²) in [5.41, 5.74) is 0. The molecule has 1 N–H and O–H groups in total. The summed E-state index contributed by atoms with van der Waals surface area (Å²) in [6.45, 7) is 2.07. The van der Waals surface area contributed by atoms with Gasteiger partial charge in [0.15, 0.2) is 0 Å². The van der Waals surface area contributed by atoms with Crippen LogP contribution in [0.2, 0.25) is 0 Å². The minimum absolute atomic E-state index is 0.153. The highest BCUT2D eigenvalue weighted by Crippen LogP contribution is 2.20. The summed E-state index contributed by atoms with van der Waals surface area (Å²) < 4.78 is 29.2. The van der Waals surface area contributed by atoms with E-state index in [1.54, 1.807) is 5.01 Å².